The predicted molar refractivity (Wildman–Crippen MR) is 166 cm³/mol. The van der Waals surface area contributed by atoms with Crippen molar-refractivity contribution in [2.24, 2.45) is 5.41 Å². The summed E-state index contributed by atoms with van der Waals surface area (Å²) in [6.45, 7) is 7.98. The van der Waals surface area contributed by atoms with E-state index in [4.69, 9.17) is 0 Å². The topological polar surface area (TPSA) is 107 Å². The first kappa shape index (κ1) is 31.5. The number of ketones is 1. The SMILES string of the molecule is CCCC[C@@H](C(=O)C(=O)N[C@H](C)c1ccccc1)N(C(=O)O)C1CC(C)(C)CN1C(=O)c1ccccc1-c1ccccc1. The Balaban J connectivity index is 1.68. The number of Topliss-reactive ketones (excluding diaryl/α,β-unsaturated/α-hetero) is 1. The van der Waals surface area contributed by atoms with E-state index < -0.39 is 41.4 Å². The average molecular weight is 584 g/mol. The Hall–Kier alpha value is -4.46. The van der Waals surface area contributed by atoms with E-state index in [1.165, 1.54) is 0 Å². The van der Waals surface area contributed by atoms with Crippen LogP contribution in [0, 0.1) is 5.41 Å². The highest BCUT2D eigenvalue weighted by Gasteiger charge is 2.48. The number of benzene rings is 3. The van der Waals surface area contributed by atoms with E-state index in [1.54, 1.807) is 24.0 Å². The summed E-state index contributed by atoms with van der Waals surface area (Å²) in [7, 11) is 0. The van der Waals surface area contributed by atoms with Gasteiger partial charge in [0.1, 0.15) is 12.2 Å². The molecule has 0 radical (unpaired) electrons. The maximum Gasteiger partial charge on any atom is 0.409 e. The second-order valence-corrected chi connectivity index (χ2v) is 12.0. The highest BCUT2D eigenvalue weighted by atomic mass is 16.4. The van der Waals surface area contributed by atoms with E-state index in [-0.39, 0.29) is 12.3 Å². The Morgan fingerprint density at radius 2 is 1.56 bits per heavy atom. The molecule has 1 aliphatic heterocycles. The third-order valence-corrected chi connectivity index (χ3v) is 8.08. The van der Waals surface area contributed by atoms with Gasteiger partial charge in [0, 0.05) is 12.1 Å². The van der Waals surface area contributed by atoms with Crippen molar-refractivity contribution in [1.29, 1.82) is 0 Å². The fourth-order valence-corrected chi connectivity index (χ4v) is 5.89. The summed E-state index contributed by atoms with van der Waals surface area (Å²) in [5.41, 5.74) is 2.48. The second-order valence-electron chi connectivity index (χ2n) is 12.0. The van der Waals surface area contributed by atoms with Crippen molar-refractivity contribution >= 4 is 23.7 Å². The van der Waals surface area contributed by atoms with Crippen LogP contribution in [0.25, 0.3) is 11.1 Å². The van der Waals surface area contributed by atoms with Crippen molar-refractivity contribution in [2.45, 2.75) is 71.6 Å². The molecule has 2 N–H and O–H groups in total. The molecule has 4 rings (SSSR count). The minimum Gasteiger partial charge on any atom is -0.465 e. The second kappa shape index (κ2) is 13.7. The molecule has 1 fully saturated rings. The lowest BCUT2D eigenvalue weighted by Crippen LogP contribution is -2.58. The molecule has 1 aliphatic rings. The molecule has 8 nitrogen and oxygen atoms in total. The van der Waals surface area contributed by atoms with Crippen LogP contribution in [0.1, 0.15) is 75.3 Å². The van der Waals surface area contributed by atoms with Gasteiger partial charge in [0.05, 0.1) is 6.04 Å². The molecule has 0 aliphatic carbocycles. The molecule has 3 aromatic rings. The van der Waals surface area contributed by atoms with Crippen molar-refractivity contribution in [3.8, 4) is 11.1 Å². The molecule has 1 saturated heterocycles. The van der Waals surface area contributed by atoms with Crippen molar-refractivity contribution < 1.29 is 24.3 Å². The fraction of sp³-hybridized carbons (Fsp3) is 0.371. The number of hydrogen-bond acceptors (Lipinski definition) is 4. The third-order valence-electron chi connectivity index (χ3n) is 8.08. The largest absolute Gasteiger partial charge is 0.465 e. The maximum atomic E-state index is 14.3. The average Bonchev–Trinajstić information content (AvgIpc) is 3.33. The van der Waals surface area contributed by atoms with Gasteiger partial charge in [-0.15, -0.1) is 0 Å². The van der Waals surface area contributed by atoms with E-state index in [0.717, 1.165) is 21.6 Å². The molecular weight excluding hydrogens is 542 g/mol. The quantitative estimate of drug-likeness (QED) is 0.249. The molecule has 3 amide bonds. The zero-order chi connectivity index (χ0) is 31.1. The van der Waals surface area contributed by atoms with Crippen LogP contribution in [0.5, 0.6) is 0 Å². The van der Waals surface area contributed by atoms with Crippen LogP contribution in [-0.4, -0.2) is 57.3 Å². The number of amides is 3. The van der Waals surface area contributed by atoms with Crippen molar-refractivity contribution in [2.75, 3.05) is 6.54 Å². The third kappa shape index (κ3) is 7.31. The smallest absolute Gasteiger partial charge is 0.409 e. The maximum absolute atomic E-state index is 14.3. The summed E-state index contributed by atoms with van der Waals surface area (Å²) < 4.78 is 0. The minimum atomic E-state index is -1.34. The Kier molecular flexibility index (Phi) is 10.0. The summed E-state index contributed by atoms with van der Waals surface area (Å²) >= 11 is 0. The number of likely N-dealkylation sites (tertiary alicyclic amines) is 1. The molecule has 8 heteroatoms. The van der Waals surface area contributed by atoms with Gasteiger partial charge >= 0.3 is 6.09 Å². The Bertz CT molecular complexity index is 1440. The number of unbranched alkanes of at least 4 members (excludes halogenated alkanes) is 1. The van der Waals surface area contributed by atoms with E-state index >= 15 is 0 Å². The van der Waals surface area contributed by atoms with E-state index in [2.05, 4.69) is 5.32 Å². The van der Waals surface area contributed by atoms with Crippen molar-refractivity contribution in [1.82, 2.24) is 15.1 Å². The molecule has 3 aromatic carbocycles. The zero-order valence-corrected chi connectivity index (χ0v) is 25.3. The molecule has 1 unspecified atom stereocenters. The molecule has 0 aromatic heterocycles. The van der Waals surface area contributed by atoms with E-state index in [0.29, 0.717) is 31.4 Å². The molecule has 1 heterocycles. The fourth-order valence-electron chi connectivity index (χ4n) is 5.89. The number of rotatable bonds is 11. The van der Waals surface area contributed by atoms with Gasteiger partial charge in [-0.1, -0.05) is 112 Å². The molecule has 43 heavy (non-hydrogen) atoms. The normalized spacial score (nSPS) is 17.1. The molecule has 3 atom stereocenters. The Morgan fingerprint density at radius 1 is 0.953 bits per heavy atom. The standard InChI is InChI=1S/C35H41N3O5/c1-5-6-21-29(31(39)32(40)36-24(2)25-15-9-7-10-16-25)38(34(42)43)30-22-35(3,4)23-37(30)33(41)28-20-14-13-19-27(28)26-17-11-8-12-18-26/h7-20,24,29-30H,5-6,21-23H2,1-4H3,(H,36,40)(H,42,43)/t24-,29+,30?/m1/s1. The van der Waals surface area contributed by atoms with Crippen LogP contribution >= 0.6 is 0 Å². The monoisotopic (exact) mass is 583 g/mol. The first-order valence-corrected chi connectivity index (χ1v) is 14.9. The molecule has 0 saturated carbocycles. The number of nitrogens with zero attached hydrogens (tertiary/aromatic N) is 2. The minimum absolute atomic E-state index is 0.175. The number of nitrogens with one attached hydrogen (secondary N) is 1. The van der Waals surface area contributed by atoms with Gasteiger partial charge in [-0.25, -0.2) is 4.79 Å². The molecule has 0 bridgehead atoms. The van der Waals surface area contributed by atoms with E-state index in [9.17, 15) is 24.3 Å². The van der Waals surface area contributed by atoms with Crippen LogP contribution in [-0.2, 0) is 9.59 Å². The van der Waals surface area contributed by atoms with Crippen molar-refractivity contribution in [3.63, 3.8) is 0 Å². The number of carboxylic acid groups (broad SMARTS) is 1. The van der Waals surface area contributed by atoms with Crippen LogP contribution in [0.2, 0.25) is 0 Å². The predicted octanol–water partition coefficient (Wildman–Crippen LogP) is 6.54. The molecule has 226 valence electrons. The van der Waals surface area contributed by atoms with E-state index in [1.807, 2.05) is 93.6 Å². The lowest BCUT2D eigenvalue weighted by Gasteiger charge is -2.38. The van der Waals surface area contributed by atoms with Gasteiger partial charge in [-0.2, -0.15) is 0 Å². The molecular formula is C35H41N3O5. The van der Waals surface area contributed by atoms with Crippen LogP contribution < -0.4 is 5.32 Å². The number of hydrogen-bond donors (Lipinski definition) is 2. The van der Waals surface area contributed by atoms with Gasteiger partial charge in [-0.05, 0) is 47.9 Å². The number of carbonyl (C=O) groups is 4. The summed E-state index contributed by atoms with van der Waals surface area (Å²) in [6, 6.07) is 24.4. The Labute approximate surface area is 253 Å². The lowest BCUT2D eigenvalue weighted by atomic mass is 9.91. The van der Waals surface area contributed by atoms with Gasteiger partial charge in [0.15, 0.2) is 0 Å². The van der Waals surface area contributed by atoms with Gasteiger partial charge < -0.3 is 15.3 Å². The highest BCUT2D eigenvalue weighted by molar-refractivity contribution is 6.38. The summed E-state index contributed by atoms with van der Waals surface area (Å²) in [4.78, 5) is 56.9. The van der Waals surface area contributed by atoms with Crippen LogP contribution in [0.3, 0.4) is 0 Å². The van der Waals surface area contributed by atoms with Crippen LogP contribution in [0.15, 0.2) is 84.9 Å². The first-order chi connectivity index (χ1) is 20.5. The van der Waals surface area contributed by atoms with Gasteiger partial charge in [-0.3, -0.25) is 19.3 Å². The van der Waals surface area contributed by atoms with Gasteiger partial charge in [0.2, 0.25) is 5.78 Å². The highest BCUT2D eigenvalue weighted by Crippen LogP contribution is 2.39. The summed E-state index contributed by atoms with van der Waals surface area (Å²) in [5.74, 6) is -1.97. The summed E-state index contributed by atoms with van der Waals surface area (Å²) in [5, 5.41) is 13.3. The Morgan fingerprint density at radius 3 is 2.19 bits per heavy atom. The lowest BCUT2D eigenvalue weighted by molar-refractivity contribution is -0.142. The van der Waals surface area contributed by atoms with Crippen LogP contribution in [0.4, 0.5) is 4.79 Å². The zero-order valence-electron chi connectivity index (χ0n) is 25.3. The van der Waals surface area contributed by atoms with Gasteiger partial charge in [0.25, 0.3) is 11.8 Å². The first-order valence-electron chi connectivity index (χ1n) is 14.9. The van der Waals surface area contributed by atoms with Crippen molar-refractivity contribution in [3.05, 3.63) is 96.1 Å². The molecule has 0 spiro atoms. The number of carbonyl (C=O) groups excluding carboxylic acids is 3. The summed E-state index contributed by atoms with van der Waals surface area (Å²) in [6.07, 6.45) is -0.500.